The van der Waals surface area contributed by atoms with Crippen molar-refractivity contribution in [2.45, 2.75) is 19.9 Å². The van der Waals surface area contributed by atoms with Crippen molar-refractivity contribution in [3.63, 3.8) is 0 Å². The fourth-order valence-electron chi connectivity index (χ4n) is 2.61. The van der Waals surface area contributed by atoms with Gasteiger partial charge in [-0.15, -0.1) is 11.3 Å². The summed E-state index contributed by atoms with van der Waals surface area (Å²) in [6.07, 6.45) is 0.742. The standard InChI is InChI=1S/C20H20N2O2S/c1-14-19(25-18(22-14)12-15-8-4-3-5-9-15)20(23)21-13-16-10-6-7-11-17(16)24-2/h3-11H,12-13H2,1-2H3,(H,21,23). The van der Waals surface area contributed by atoms with E-state index in [2.05, 4.69) is 22.4 Å². The molecule has 2 aromatic carbocycles. The molecule has 0 bridgehead atoms. The van der Waals surface area contributed by atoms with E-state index in [1.807, 2.05) is 49.4 Å². The smallest absolute Gasteiger partial charge is 0.263 e. The van der Waals surface area contributed by atoms with E-state index >= 15 is 0 Å². The van der Waals surface area contributed by atoms with Gasteiger partial charge < -0.3 is 10.1 Å². The first-order valence-corrected chi connectivity index (χ1v) is 8.89. The Morgan fingerprint density at radius 1 is 1.12 bits per heavy atom. The summed E-state index contributed by atoms with van der Waals surface area (Å²) >= 11 is 1.45. The van der Waals surface area contributed by atoms with Crippen LogP contribution < -0.4 is 10.1 Å². The normalized spacial score (nSPS) is 10.5. The third kappa shape index (κ3) is 4.25. The van der Waals surface area contributed by atoms with Crippen LogP contribution in [0.5, 0.6) is 5.75 Å². The molecular formula is C20H20N2O2S. The van der Waals surface area contributed by atoms with Gasteiger partial charge in [-0.2, -0.15) is 0 Å². The number of aryl methyl sites for hydroxylation is 1. The van der Waals surface area contributed by atoms with Gasteiger partial charge in [0, 0.05) is 18.5 Å². The zero-order chi connectivity index (χ0) is 17.6. The van der Waals surface area contributed by atoms with Crippen LogP contribution in [0, 0.1) is 6.92 Å². The highest BCUT2D eigenvalue weighted by molar-refractivity contribution is 7.13. The van der Waals surface area contributed by atoms with Gasteiger partial charge in [0.2, 0.25) is 0 Å². The number of carbonyl (C=O) groups is 1. The molecule has 25 heavy (non-hydrogen) atoms. The number of aromatic nitrogens is 1. The van der Waals surface area contributed by atoms with E-state index in [0.717, 1.165) is 28.4 Å². The maximum absolute atomic E-state index is 12.5. The van der Waals surface area contributed by atoms with Crippen molar-refractivity contribution in [3.8, 4) is 5.75 Å². The number of thiazole rings is 1. The zero-order valence-electron chi connectivity index (χ0n) is 14.3. The van der Waals surface area contributed by atoms with Crippen molar-refractivity contribution in [3.05, 3.63) is 81.3 Å². The van der Waals surface area contributed by atoms with Crippen molar-refractivity contribution >= 4 is 17.2 Å². The third-order valence-electron chi connectivity index (χ3n) is 3.88. The largest absolute Gasteiger partial charge is 0.496 e. The molecule has 5 heteroatoms. The second-order valence-corrected chi connectivity index (χ2v) is 6.76. The van der Waals surface area contributed by atoms with Crippen LogP contribution in [0.4, 0.5) is 0 Å². The predicted molar refractivity (Wildman–Crippen MR) is 100 cm³/mol. The van der Waals surface area contributed by atoms with Crippen LogP contribution in [-0.2, 0) is 13.0 Å². The van der Waals surface area contributed by atoms with Gasteiger partial charge >= 0.3 is 0 Å². The van der Waals surface area contributed by atoms with Gasteiger partial charge in [-0.3, -0.25) is 4.79 Å². The fourth-order valence-corrected chi connectivity index (χ4v) is 3.63. The van der Waals surface area contributed by atoms with Crippen LogP contribution in [0.3, 0.4) is 0 Å². The lowest BCUT2D eigenvalue weighted by molar-refractivity contribution is 0.0954. The molecule has 0 radical (unpaired) electrons. The van der Waals surface area contributed by atoms with Crippen molar-refractivity contribution in [1.82, 2.24) is 10.3 Å². The fraction of sp³-hybridized carbons (Fsp3) is 0.200. The van der Waals surface area contributed by atoms with E-state index in [9.17, 15) is 4.79 Å². The number of ether oxygens (including phenoxy) is 1. The molecule has 1 N–H and O–H groups in total. The van der Waals surface area contributed by atoms with Crippen molar-refractivity contribution in [1.29, 1.82) is 0 Å². The lowest BCUT2D eigenvalue weighted by Crippen LogP contribution is -2.22. The van der Waals surface area contributed by atoms with Gasteiger partial charge in [-0.25, -0.2) is 4.98 Å². The second-order valence-electron chi connectivity index (χ2n) is 5.68. The Bertz CT molecular complexity index is 859. The highest BCUT2D eigenvalue weighted by Crippen LogP contribution is 2.22. The molecule has 0 aliphatic rings. The summed E-state index contributed by atoms with van der Waals surface area (Å²) in [4.78, 5) is 17.7. The number of nitrogens with one attached hydrogen (secondary N) is 1. The SMILES string of the molecule is COc1ccccc1CNC(=O)c1sc(Cc2ccccc2)nc1C. The molecule has 3 rings (SSSR count). The van der Waals surface area contributed by atoms with Crippen molar-refractivity contribution in [2.75, 3.05) is 7.11 Å². The lowest BCUT2D eigenvalue weighted by Gasteiger charge is -2.09. The molecule has 0 unspecified atom stereocenters. The van der Waals surface area contributed by atoms with E-state index in [1.54, 1.807) is 7.11 Å². The zero-order valence-corrected chi connectivity index (χ0v) is 15.1. The number of carbonyl (C=O) groups excluding carboxylic acids is 1. The molecule has 3 aromatic rings. The van der Waals surface area contributed by atoms with Gasteiger partial charge in [0.05, 0.1) is 17.8 Å². The second kappa shape index (κ2) is 7.94. The number of amides is 1. The molecule has 1 heterocycles. The Morgan fingerprint density at radius 3 is 2.60 bits per heavy atom. The maximum Gasteiger partial charge on any atom is 0.263 e. The highest BCUT2D eigenvalue weighted by atomic mass is 32.1. The number of nitrogens with zero attached hydrogens (tertiary/aromatic N) is 1. The number of para-hydroxylation sites is 1. The summed E-state index contributed by atoms with van der Waals surface area (Å²) in [6.45, 7) is 2.30. The van der Waals surface area contributed by atoms with E-state index in [1.165, 1.54) is 16.9 Å². The minimum atomic E-state index is -0.0970. The molecule has 128 valence electrons. The maximum atomic E-state index is 12.5. The summed E-state index contributed by atoms with van der Waals surface area (Å²) in [7, 11) is 1.63. The Hall–Kier alpha value is -2.66. The number of rotatable bonds is 6. The molecule has 0 saturated carbocycles. The van der Waals surface area contributed by atoms with Gasteiger partial charge in [-0.05, 0) is 18.6 Å². The first-order chi connectivity index (χ1) is 12.2. The number of hydrogen-bond acceptors (Lipinski definition) is 4. The first-order valence-electron chi connectivity index (χ1n) is 8.07. The summed E-state index contributed by atoms with van der Waals surface area (Å²) < 4.78 is 5.32. The van der Waals surface area contributed by atoms with E-state index in [0.29, 0.717) is 11.4 Å². The van der Waals surface area contributed by atoms with Crippen LogP contribution in [0.1, 0.15) is 31.5 Å². The molecule has 4 nitrogen and oxygen atoms in total. The lowest BCUT2D eigenvalue weighted by atomic mass is 10.2. The molecular weight excluding hydrogens is 332 g/mol. The molecule has 0 aliphatic heterocycles. The van der Waals surface area contributed by atoms with E-state index in [4.69, 9.17) is 4.74 Å². The molecule has 0 fully saturated rings. The van der Waals surface area contributed by atoms with E-state index in [-0.39, 0.29) is 5.91 Å². The molecule has 0 saturated heterocycles. The average Bonchev–Trinajstić information content (AvgIpc) is 3.01. The third-order valence-corrected chi connectivity index (χ3v) is 5.03. The van der Waals surface area contributed by atoms with Crippen molar-refractivity contribution in [2.24, 2.45) is 0 Å². The number of benzene rings is 2. The molecule has 0 aliphatic carbocycles. The first kappa shape index (κ1) is 17.2. The monoisotopic (exact) mass is 352 g/mol. The van der Waals surface area contributed by atoms with Crippen LogP contribution >= 0.6 is 11.3 Å². The van der Waals surface area contributed by atoms with Crippen LogP contribution in [-0.4, -0.2) is 18.0 Å². The number of methoxy groups -OCH3 is 1. The minimum Gasteiger partial charge on any atom is -0.496 e. The quantitative estimate of drug-likeness (QED) is 0.730. The van der Waals surface area contributed by atoms with Crippen LogP contribution in [0.15, 0.2) is 54.6 Å². The summed E-state index contributed by atoms with van der Waals surface area (Å²) in [5, 5.41) is 3.91. The Balaban J connectivity index is 1.68. The van der Waals surface area contributed by atoms with Gasteiger partial charge in [0.1, 0.15) is 10.6 Å². The Kier molecular flexibility index (Phi) is 5.46. The molecule has 1 aromatic heterocycles. The van der Waals surface area contributed by atoms with Crippen LogP contribution in [0.2, 0.25) is 0 Å². The summed E-state index contributed by atoms with van der Waals surface area (Å²) in [6, 6.07) is 17.8. The topological polar surface area (TPSA) is 51.2 Å². The van der Waals surface area contributed by atoms with Crippen molar-refractivity contribution < 1.29 is 9.53 Å². The van der Waals surface area contributed by atoms with Gasteiger partial charge in [-0.1, -0.05) is 48.5 Å². The number of hydrogen-bond donors (Lipinski definition) is 1. The summed E-state index contributed by atoms with van der Waals surface area (Å²) in [5.41, 5.74) is 2.91. The molecule has 0 spiro atoms. The Morgan fingerprint density at radius 2 is 1.84 bits per heavy atom. The van der Waals surface area contributed by atoms with E-state index < -0.39 is 0 Å². The average molecular weight is 352 g/mol. The highest BCUT2D eigenvalue weighted by Gasteiger charge is 2.15. The van der Waals surface area contributed by atoms with Crippen LogP contribution in [0.25, 0.3) is 0 Å². The summed E-state index contributed by atoms with van der Waals surface area (Å²) in [5.74, 6) is 0.675. The van der Waals surface area contributed by atoms with Gasteiger partial charge in [0.25, 0.3) is 5.91 Å². The molecule has 1 amide bonds. The molecule has 0 atom stereocenters. The predicted octanol–water partition coefficient (Wildman–Crippen LogP) is 3.98. The Labute approximate surface area is 151 Å². The minimum absolute atomic E-state index is 0.0970. The van der Waals surface area contributed by atoms with Gasteiger partial charge in [0.15, 0.2) is 0 Å².